The lowest BCUT2D eigenvalue weighted by Gasteiger charge is -2.42. The Morgan fingerprint density at radius 1 is 0.980 bits per heavy atom. The summed E-state index contributed by atoms with van der Waals surface area (Å²) in [7, 11) is 1.60. The lowest BCUT2D eigenvalue weighted by molar-refractivity contribution is -0.132. The summed E-state index contributed by atoms with van der Waals surface area (Å²) >= 11 is 0. The normalized spacial score (nSPS) is 17.0. The molecule has 0 saturated heterocycles. The molecule has 8 nitrogen and oxygen atoms in total. The van der Waals surface area contributed by atoms with Crippen LogP contribution in [0, 0.1) is 17.2 Å². The van der Waals surface area contributed by atoms with Gasteiger partial charge in [0.2, 0.25) is 11.8 Å². The number of amides is 2. The zero-order valence-electron chi connectivity index (χ0n) is 29.1. The number of aliphatic hydroxyl groups is 1. The van der Waals surface area contributed by atoms with Crippen molar-refractivity contribution in [3.05, 3.63) is 119 Å². The van der Waals surface area contributed by atoms with Gasteiger partial charge in [0.05, 0.1) is 18.6 Å². The molecule has 0 fully saturated rings. The van der Waals surface area contributed by atoms with Crippen LogP contribution in [-0.4, -0.2) is 54.7 Å². The molecule has 0 spiro atoms. The first-order chi connectivity index (χ1) is 23.6. The van der Waals surface area contributed by atoms with Crippen LogP contribution in [0.4, 0.5) is 4.39 Å². The molecular weight excluding hydrogens is 621 g/mol. The van der Waals surface area contributed by atoms with Gasteiger partial charge in [-0.2, -0.15) is 0 Å². The number of nitrogens with one attached hydrogen (secondary N) is 1. The van der Waals surface area contributed by atoms with Gasteiger partial charge in [-0.3, -0.25) is 9.59 Å². The van der Waals surface area contributed by atoms with Crippen LogP contribution in [-0.2, 0) is 29.2 Å². The van der Waals surface area contributed by atoms with Crippen molar-refractivity contribution in [1.82, 2.24) is 10.2 Å². The molecule has 4 N–H and O–H groups in total. The van der Waals surface area contributed by atoms with Gasteiger partial charge in [0.25, 0.3) is 0 Å². The van der Waals surface area contributed by atoms with E-state index in [9.17, 15) is 14.7 Å². The Morgan fingerprint density at radius 3 is 2.35 bits per heavy atom. The third kappa shape index (κ3) is 10.0. The van der Waals surface area contributed by atoms with Crippen LogP contribution in [0.15, 0.2) is 96.1 Å². The van der Waals surface area contributed by atoms with Gasteiger partial charge in [-0.05, 0) is 73.6 Å². The van der Waals surface area contributed by atoms with Crippen LogP contribution in [0.5, 0.6) is 11.5 Å². The van der Waals surface area contributed by atoms with E-state index in [1.165, 1.54) is 12.1 Å². The Bertz CT molecular complexity index is 1620. The van der Waals surface area contributed by atoms with Crippen molar-refractivity contribution in [2.24, 2.45) is 17.1 Å². The van der Waals surface area contributed by atoms with Gasteiger partial charge in [-0.1, -0.05) is 74.0 Å². The minimum absolute atomic E-state index is 0.0206. The van der Waals surface area contributed by atoms with E-state index in [-0.39, 0.29) is 31.9 Å². The number of carbonyl (C=O) groups is 2. The average Bonchev–Trinajstić information content (AvgIpc) is 3.09. The first-order valence-corrected chi connectivity index (χ1v) is 17.1. The van der Waals surface area contributed by atoms with Crippen LogP contribution < -0.4 is 20.5 Å². The molecule has 1 unspecified atom stereocenters. The van der Waals surface area contributed by atoms with Crippen molar-refractivity contribution in [2.45, 2.75) is 65.7 Å². The molecule has 0 heterocycles. The number of ether oxygens (including phenoxy) is 2. The molecular formula is C40H50FN3O5. The number of benzene rings is 3. The summed E-state index contributed by atoms with van der Waals surface area (Å²) in [5, 5.41) is 15.2. The standard InChI is InChI=1S/C40H50FN3O5/c1-5-15-44(16-6-2)38(46)32-17-28(3)23-40(24-32,39(42)47)36(37(45)26-43-25-30-13-10-14-34(19-30)48-4)21-31-18-33(41)22-35(20-31)49-27-29-11-8-7-9-12-29/h7-14,17-20,22-23,36-37,43,45H,5-6,15-16,21,24-27H2,1-4H3,(H2,42,47)/t36-,37+,40?/m1/s1. The van der Waals surface area contributed by atoms with Crippen molar-refractivity contribution in [2.75, 3.05) is 26.7 Å². The molecule has 4 rings (SSSR count). The summed E-state index contributed by atoms with van der Waals surface area (Å²) in [5.41, 5.74) is 8.42. The molecule has 262 valence electrons. The Hall–Kier alpha value is -4.47. The quantitative estimate of drug-likeness (QED) is 0.150. The molecule has 0 aromatic heterocycles. The van der Waals surface area contributed by atoms with Gasteiger partial charge in [0.1, 0.15) is 23.9 Å². The van der Waals surface area contributed by atoms with E-state index in [2.05, 4.69) is 5.32 Å². The Kier molecular flexibility index (Phi) is 13.6. The van der Waals surface area contributed by atoms with Gasteiger partial charge in [0, 0.05) is 43.7 Å². The monoisotopic (exact) mass is 671 g/mol. The van der Waals surface area contributed by atoms with Crippen LogP contribution in [0.25, 0.3) is 0 Å². The van der Waals surface area contributed by atoms with Gasteiger partial charge in [0.15, 0.2) is 0 Å². The fraction of sp³-hybridized carbons (Fsp3) is 0.400. The van der Waals surface area contributed by atoms with E-state index >= 15 is 4.39 Å². The van der Waals surface area contributed by atoms with Crippen molar-refractivity contribution in [3.63, 3.8) is 0 Å². The highest BCUT2D eigenvalue weighted by atomic mass is 19.1. The number of hydrogen-bond donors (Lipinski definition) is 3. The number of halogens is 1. The third-order valence-electron chi connectivity index (χ3n) is 8.96. The first-order valence-electron chi connectivity index (χ1n) is 17.1. The molecule has 3 aromatic carbocycles. The molecule has 9 heteroatoms. The van der Waals surface area contributed by atoms with E-state index in [0.29, 0.717) is 47.8 Å². The largest absolute Gasteiger partial charge is 0.497 e. The second kappa shape index (κ2) is 17.8. The lowest BCUT2D eigenvalue weighted by atomic mass is 9.63. The highest BCUT2D eigenvalue weighted by molar-refractivity contribution is 5.97. The molecule has 49 heavy (non-hydrogen) atoms. The van der Waals surface area contributed by atoms with Crippen molar-refractivity contribution < 1.29 is 28.6 Å². The van der Waals surface area contributed by atoms with Crippen LogP contribution in [0.2, 0.25) is 0 Å². The molecule has 0 bridgehead atoms. The topological polar surface area (TPSA) is 114 Å². The van der Waals surface area contributed by atoms with E-state index in [1.807, 2.05) is 81.4 Å². The SMILES string of the molecule is CCCN(CCC)C(=O)C1=CC(C)=CC(C(N)=O)([C@H](Cc2cc(F)cc(OCc3ccccc3)c2)[C@@H](O)CNCc2cccc(OC)c2)C1. The maximum Gasteiger partial charge on any atom is 0.249 e. The van der Waals surface area contributed by atoms with E-state index < -0.39 is 29.2 Å². The van der Waals surface area contributed by atoms with Crippen LogP contribution in [0.3, 0.4) is 0 Å². The average molecular weight is 672 g/mol. The Balaban J connectivity index is 1.67. The summed E-state index contributed by atoms with van der Waals surface area (Å²) in [4.78, 5) is 29.4. The molecule has 0 radical (unpaired) electrons. The van der Waals surface area contributed by atoms with Crippen LogP contribution in [0.1, 0.15) is 56.7 Å². The smallest absolute Gasteiger partial charge is 0.249 e. The fourth-order valence-electron chi connectivity index (χ4n) is 6.68. The minimum atomic E-state index is -1.43. The van der Waals surface area contributed by atoms with E-state index in [4.69, 9.17) is 15.2 Å². The predicted octanol–water partition coefficient (Wildman–Crippen LogP) is 6.12. The number of carbonyl (C=O) groups excluding carboxylic acids is 2. The number of rotatable bonds is 18. The van der Waals surface area contributed by atoms with E-state index in [0.717, 1.165) is 24.0 Å². The minimum Gasteiger partial charge on any atom is -0.497 e. The van der Waals surface area contributed by atoms with Gasteiger partial charge in [-0.25, -0.2) is 4.39 Å². The van der Waals surface area contributed by atoms with Crippen molar-refractivity contribution >= 4 is 11.8 Å². The number of methoxy groups -OCH3 is 1. The summed E-state index contributed by atoms with van der Waals surface area (Å²) in [5.74, 6) is -1.07. The lowest BCUT2D eigenvalue weighted by Crippen LogP contribution is -2.51. The molecule has 1 aliphatic rings. The van der Waals surface area contributed by atoms with E-state index in [1.54, 1.807) is 24.2 Å². The molecule has 3 aromatic rings. The second-order valence-corrected chi connectivity index (χ2v) is 12.9. The van der Waals surface area contributed by atoms with Crippen molar-refractivity contribution in [3.8, 4) is 11.5 Å². The Labute approximate surface area is 289 Å². The zero-order chi connectivity index (χ0) is 35.4. The number of nitrogens with zero attached hydrogens (tertiary/aromatic N) is 1. The number of aliphatic hydroxyl groups excluding tert-OH is 1. The molecule has 0 saturated carbocycles. The van der Waals surface area contributed by atoms with Gasteiger partial charge < -0.3 is 30.5 Å². The first kappa shape index (κ1) is 37.4. The highest BCUT2D eigenvalue weighted by Gasteiger charge is 2.48. The van der Waals surface area contributed by atoms with Crippen molar-refractivity contribution in [1.29, 1.82) is 0 Å². The molecule has 1 aliphatic carbocycles. The fourth-order valence-corrected chi connectivity index (χ4v) is 6.68. The second-order valence-electron chi connectivity index (χ2n) is 12.9. The number of hydrogen-bond acceptors (Lipinski definition) is 6. The van der Waals surface area contributed by atoms with Gasteiger partial charge in [-0.15, -0.1) is 0 Å². The predicted molar refractivity (Wildman–Crippen MR) is 190 cm³/mol. The maximum atomic E-state index is 15.1. The molecule has 0 aliphatic heterocycles. The van der Waals surface area contributed by atoms with Crippen LogP contribution >= 0.6 is 0 Å². The zero-order valence-corrected chi connectivity index (χ0v) is 29.1. The summed E-state index contributed by atoms with van der Waals surface area (Å²) in [6.07, 6.45) is 4.20. The molecule has 2 amide bonds. The number of primary amides is 1. The third-order valence-corrected chi connectivity index (χ3v) is 8.96. The number of allylic oxidation sites excluding steroid dienone is 2. The Morgan fingerprint density at radius 2 is 1.67 bits per heavy atom. The highest BCUT2D eigenvalue weighted by Crippen LogP contribution is 2.44. The maximum absolute atomic E-state index is 15.1. The molecule has 3 atom stereocenters. The summed E-state index contributed by atoms with van der Waals surface area (Å²) < 4.78 is 26.4. The number of nitrogens with two attached hydrogens (primary N) is 1. The summed E-state index contributed by atoms with van der Waals surface area (Å²) in [6.45, 7) is 7.84. The summed E-state index contributed by atoms with van der Waals surface area (Å²) in [6, 6.07) is 21.6. The van der Waals surface area contributed by atoms with Gasteiger partial charge >= 0.3 is 0 Å².